The first-order valence-electron chi connectivity index (χ1n) is 8.50. The number of phenols is 4. The summed E-state index contributed by atoms with van der Waals surface area (Å²) in [4.78, 5) is 0. The molecule has 0 amide bonds. The van der Waals surface area contributed by atoms with Crippen LogP contribution in [-0.2, 0) is 0 Å². The molecular formula is C22H22O4. The minimum atomic E-state index is -0.109. The Labute approximate surface area is 152 Å². The van der Waals surface area contributed by atoms with Crippen molar-refractivity contribution in [2.75, 3.05) is 0 Å². The van der Waals surface area contributed by atoms with E-state index in [1.165, 1.54) is 6.07 Å². The maximum atomic E-state index is 10.3. The summed E-state index contributed by atoms with van der Waals surface area (Å²) in [5.74, 6) is 0.230. The Bertz CT molecular complexity index is 826. The Balaban J connectivity index is 2.01. The van der Waals surface area contributed by atoms with Gasteiger partial charge in [-0.3, -0.25) is 0 Å². The largest absolute Gasteiger partial charge is 0.508 e. The molecule has 0 aromatic heterocycles. The molecule has 0 aliphatic heterocycles. The Kier molecular flexibility index (Phi) is 4.76. The van der Waals surface area contributed by atoms with Gasteiger partial charge in [0.15, 0.2) is 0 Å². The molecule has 3 rings (SSSR count). The molecule has 2 atom stereocenters. The van der Waals surface area contributed by atoms with Gasteiger partial charge in [0, 0.05) is 29.0 Å². The van der Waals surface area contributed by atoms with Crippen LogP contribution in [0.1, 0.15) is 47.9 Å². The highest BCUT2D eigenvalue weighted by molar-refractivity contribution is 5.52. The molecule has 0 bridgehead atoms. The van der Waals surface area contributed by atoms with Crippen molar-refractivity contribution in [2.45, 2.75) is 25.7 Å². The average molecular weight is 350 g/mol. The summed E-state index contributed by atoms with van der Waals surface area (Å²) in [6.07, 6.45) is 0. The van der Waals surface area contributed by atoms with Gasteiger partial charge in [-0.25, -0.2) is 0 Å². The second-order valence-electron chi connectivity index (χ2n) is 6.60. The fourth-order valence-electron chi connectivity index (χ4n) is 3.19. The summed E-state index contributed by atoms with van der Waals surface area (Å²) in [5.41, 5.74) is 3.31. The van der Waals surface area contributed by atoms with Crippen molar-refractivity contribution in [3.05, 3.63) is 82.9 Å². The van der Waals surface area contributed by atoms with E-state index in [9.17, 15) is 20.4 Å². The normalized spacial score (nSPS) is 13.3. The molecule has 4 nitrogen and oxygen atoms in total. The number of hydrogen-bond donors (Lipinski definition) is 4. The quantitative estimate of drug-likeness (QED) is 0.544. The second-order valence-corrected chi connectivity index (χ2v) is 6.60. The summed E-state index contributed by atoms with van der Waals surface area (Å²) >= 11 is 0. The van der Waals surface area contributed by atoms with Crippen molar-refractivity contribution >= 4 is 0 Å². The van der Waals surface area contributed by atoms with Gasteiger partial charge in [-0.1, -0.05) is 38.1 Å². The summed E-state index contributed by atoms with van der Waals surface area (Å²) < 4.78 is 0. The van der Waals surface area contributed by atoms with Crippen molar-refractivity contribution in [3.8, 4) is 23.0 Å². The molecule has 0 saturated carbocycles. The first-order valence-corrected chi connectivity index (χ1v) is 8.50. The Morgan fingerprint density at radius 2 is 0.885 bits per heavy atom. The molecular weight excluding hydrogens is 328 g/mol. The van der Waals surface area contributed by atoms with Crippen molar-refractivity contribution < 1.29 is 20.4 Å². The van der Waals surface area contributed by atoms with Gasteiger partial charge in [0.05, 0.1) is 0 Å². The fraction of sp³-hybridized carbons (Fsp3) is 0.182. The van der Waals surface area contributed by atoms with Crippen LogP contribution in [0.25, 0.3) is 0 Å². The van der Waals surface area contributed by atoms with Gasteiger partial charge in [-0.2, -0.15) is 0 Å². The molecule has 0 aliphatic rings. The minimum Gasteiger partial charge on any atom is -0.508 e. The molecule has 0 aliphatic carbocycles. The first kappa shape index (κ1) is 17.7. The van der Waals surface area contributed by atoms with Crippen molar-refractivity contribution in [2.24, 2.45) is 0 Å². The Morgan fingerprint density at radius 3 is 1.23 bits per heavy atom. The molecule has 134 valence electrons. The van der Waals surface area contributed by atoms with E-state index in [1.807, 2.05) is 44.2 Å². The van der Waals surface area contributed by atoms with Crippen molar-refractivity contribution in [3.63, 3.8) is 0 Å². The predicted octanol–water partition coefficient (Wildman–Crippen LogP) is 4.81. The van der Waals surface area contributed by atoms with E-state index in [4.69, 9.17) is 0 Å². The summed E-state index contributed by atoms with van der Waals surface area (Å²) in [6, 6.07) is 16.9. The van der Waals surface area contributed by atoms with E-state index in [0.717, 1.165) is 11.1 Å². The van der Waals surface area contributed by atoms with Crippen molar-refractivity contribution in [1.29, 1.82) is 0 Å². The monoisotopic (exact) mass is 350 g/mol. The maximum absolute atomic E-state index is 10.3. The van der Waals surface area contributed by atoms with E-state index < -0.39 is 0 Å². The minimum absolute atomic E-state index is 0.0322. The lowest BCUT2D eigenvalue weighted by molar-refractivity contribution is 0.439. The fourth-order valence-corrected chi connectivity index (χ4v) is 3.19. The number of rotatable bonds is 4. The highest BCUT2D eigenvalue weighted by Gasteiger charge is 2.20. The summed E-state index contributed by atoms with van der Waals surface area (Å²) in [6.45, 7) is 3.93. The second kappa shape index (κ2) is 7.00. The topological polar surface area (TPSA) is 80.9 Å². The SMILES string of the molecule is CC(c1ccc(O)cc1)c1cc(C(C)c2ccc(O)cc2)c(O)cc1O. The predicted molar refractivity (Wildman–Crippen MR) is 101 cm³/mol. The molecule has 0 radical (unpaired) electrons. The van der Waals surface area contributed by atoms with Crippen LogP contribution in [0.4, 0.5) is 0 Å². The Hall–Kier alpha value is -3.14. The number of aromatic hydroxyl groups is 4. The zero-order valence-corrected chi connectivity index (χ0v) is 14.7. The van der Waals surface area contributed by atoms with Crippen LogP contribution >= 0.6 is 0 Å². The van der Waals surface area contributed by atoms with Gasteiger partial charge in [-0.05, 0) is 41.5 Å². The standard InChI is InChI=1S/C22H22O4/c1-13(15-3-7-17(23)8-4-15)19-11-20(22(26)12-21(19)25)14(2)16-5-9-18(24)10-6-16/h3-14,23-26H,1-2H3. The van der Waals surface area contributed by atoms with Gasteiger partial charge < -0.3 is 20.4 Å². The smallest absolute Gasteiger partial charge is 0.123 e. The van der Waals surface area contributed by atoms with E-state index in [1.54, 1.807) is 24.3 Å². The summed E-state index contributed by atoms with van der Waals surface area (Å²) in [5, 5.41) is 39.6. The van der Waals surface area contributed by atoms with Gasteiger partial charge in [-0.15, -0.1) is 0 Å². The third-order valence-corrected chi connectivity index (χ3v) is 4.90. The molecule has 26 heavy (non-hydrogen) atoms. The zero-order valence-electron chi connectivity index (χ0n) is 14.7. The first-order chi connectivity index (χ1) is 12.4. The highest BCUT2D eigenvalue weighted by atomic mass is 16.3. The summed E-state index contributed by atoms with van der Waals surface area (Å²) in [7, 11) is 0. The highest BCUT2D eigenvalue weighted by Crippen LogP contribution is 2.40. The molecule has 3 aromatic carbocycles. The lowest BCUT2D eigenvalue weighted by Crippen LogP contribution is -2.02. The van der Waals surface area contributed by atoms with E-state index in [-0.39, 0.29) is 34.8 Å². The molecule has 3 aromatic rings. The van der Waals surface area contributed by atoms with Gasteiger partial charge in [0.25, 0.3) is 0 Å². The van der Waals surface area contributed by atoms with Crippen LogP contribution in [0.15, 0.2) is 60.7 Å². The van der Waals surface area contributed by atoms with Crippen LogP contribution in [0.2, 0.25) is 0 Å². The molecule has 4 heteroatoms. The molecule has 0 saturated heterocycles. The van der Waals surface area contributed by atoms with Crippen LogP contribution in [-0.4, -0.2) is 20.4 Å². The van der Waals surface area contributed by atoms with E-state index in [2.05, 4.69) is 0 Å². The van der Waals surface area contributed by atoms with Crippen molar-refractivity contribution in [1.82, 2.24) is 0 Å². The van der Waals surface area contributed by atoms with Crippen LogP contribution in [0, 0.1) is 0 Å². The molecule has 0 spiro atoms. The number of hydrogen-bond acceptors (Lipinski definition) is 4. The van der Waals surface area contributed by atoms with Crippen LogP contribution in [0.3, 0.4) is 0 Å². The lowest BCUT2D eigenvalue weighted by atomic mass is 9.86. The van der Waals surface area contributed by atoms with Crippen LogP contribution < -0.4 is 0 Å². The third-order valence-electron chi connectivity index (χ3n) is 4.90. The Morgan fingerprint density at radius 1 is 0.538 bits per heavy atom. The third kappa shape index (κ3) is 3.45. The van der Waals surface area contributed by atoms with E-state index in [0.29, 0.717) is 11.1 Å². The molecule has 0 fully saturated rings. The van der Waals surface area contributed by atoms with Gasteiger partial charge in [0.1, 0.15) is 23.0 Å². The maximum Gasteiger partial charge on any atom is 0.123 e. The van der Waals surface area contributed by atoms with Gasteiger partial charge in [0.2, 0.25) is 0 Å². The van der Waals surface area contributed by atoms with Crippen LogP contribution in [0.5, 0.6) is 23.0 Å². The molecule has 0 heterocycles. The lowest BCUT2D eigenvalue weighted by Gasteiger charge is -2.20. The molecule has 2 unspecified atom stereocenters. The zero-order chi connectivity index (χ0) is 18.8. The number of phenolic OH excluding ortho intramolecular Hbond substituents is 4. The average Bonchev–Trinajstić information content (AvgIpc) is 2.62. The number of benzene rings is 3. The molecule has 4 N–H and O–H groups in total. The van der Waals surface area contributed by atoms with E-state index >= 15 is 0 Å². The van der Waals surface area contributed by atoms with Gasteiger partial charge >= 0.3 is 0 Å².